The van der Waals surface area contributed by atoms with Crippen LogP contribution in [0.2, 0.25) is 0 Å². The van der Waals surface area contributed by atoms with Crippen molar-refractivity contribution in [2.45, 2.75) is 12.5 Å². The molecule has 1 fully saturated rings. The standard InChI is InChI=1S/C19H16N2O3/c22-17(14-5-1-3-9-20-14)16-12-7-8-13(11-12)18(16)24-19(23)15-6-2-4-10-21-15/h1-10,12-13,16,18H,11H2. The highest BCUT2D eigenvalue weighted by atomic mass is 16.5. The third-order valence-electron chi connectivity index (χ3n) is 4.72. The van der Waals surface area contributed by atoms with Crippen molar-refractivity contribution in [3.8, 4) is 0 Å². The number of ether oxygens (including phenoxy) is 1. The number of aromatic nitrogens is 2. The molecule has 2 aliphatic rings. The summed E-state index contributed by atoms with van der Waals surface area (Å²) in [4.78, 5) is 33.4. The number of allylic oxidation sites excluding steroid dienone is 1. The van der Waals surface area contributed by atoms with Gasteiger partial charge in [-0.3, -0.25) is 9.78 Å². The second-order valence-electron chi connectivity index (χ2n) is 6.14. The van der Waals surface area contributed by atoms with Crippen molar-refractivity contribution < 1.29 is 14.3 Å². The molecule has 120 valence electrons. The summed E-state index contributed by atoms with van der Waals surface area (Å²) in [7, 11) is 0. The average molecular weight is 320 g/mol. The zero-order valence-corrected chi connectivity index (χ0v) is 12.9. The third kappa shape index (κ3) is 2.52. The van der Waals surface area contributed by atoms with E-state index in [0.717, 1.165) is 6.42 Å². The van der Waals surface area contributed by atoms with Gasteiger partial charge in [0.1, 0.15) is 17.5 Å². The minimum Gasteiger partial charge on any atom is -0.456 e. The molecule has 0 saturated heterocycles. The number of esters is 1. The van der Waals surface area contributed by atoms with E-state index in [1.807, 2.05) is 6.08 Å². The number of pyridine rings is 2. The van der Waals surface area contributed by atoms with E-state index in [-0.39, 0.29) is 29.2 Å². The van der Waals surface area contributed by atoms with Crippen LogP contribution in [0.15, 0.2) is 60.9 Å². The summed E-state index contributed by atoms with van der Waals surface area (Å²) in [5.74, 6) is -0.736. The normalized spacial score (nSPS) is 27.2. The highest BCUT2D eigenvalue weighted by Gasteiger charge is 2.50. The van der Waals surface area contributed by atoms with Gasteiger partial charge in [-0.25, -0.2) is 9.78 Å². The first-order chi connectivity index (χ1) is 11.7. The highest BCUT2D eigenvalue weighted by molar-refractivity contribution is 5.97. The van der Waals surface area contributed by atoms with Gasteiger partial charge in [0, 0.05) is 18.3 Å². The number of nitrogens with zero attached hydrogens (tertiary/aromatic N) is 2. The first-order valence-electron chi connectivity index (χ1n) is 7.99. The number of hydrogen-bond acceptors (Lipinski definition) is 5. The first kappa shape index (κ1) is 14.8. The molecule has 0 amide bonds. The Kier molecular flexibility index (Phi) is 3.69. The van der Waals surface area contributed by atoms with E-state index in [1.54, 1.807) is 48.8 Å². The molecule has 4 atom stereocenters. The number of carbonyl (C=O) groups excluding carboxylic acids is 2. The van der Waals surface area contributed by atoms with E-state index >= 15 is 0 Å². The second-order valence-corrected chi connectivity index (χ2v) is 6.14. The topological polar surface area (TPSA) is 69.2 Å². The van der Waals surface area contributed by atoms with Gasteiger partial charge >= 0.3 is 5.97 Å². The summed E-state index contributed by atoms with van der Waals surface area (Å²) in [6.07, 6.45) is 7.64. The molecule has 2 aliphatic carbocycles. The number of carbonyl (C=O) groups is 2. The molecule has 0 aromatic carbocycles. The molecule has 0 N–H and O–H groups in total. The van der Waals surface area contributed by atoms with Crippen molar-refractivity contribution in [3.05, 3.63) is 72.3 Å². The van der Waals surface area contributed by atoms with Crippen LogP contribution in [-0.2, 0) is 4.74 Å². The van der Waals surface area contributed by atoms with Gasteiger partial charge in [-0.2, -0.15) is 0 Å². The summed E-state index contributed by atoms with van der Waals surface area (Å²) >= 11 is 0. The van der Waals surface area contributed by atoms with Crippen LogP contribution in [-0.4, -0.2) is 27.8 Å². The minimum atomic E-state index is -0.486. The molecule has 5 heteroatoms. The van der Waals surface area contributed by atoms with Crippen molar-refractivity contribution >= 4 is 11.8 Å². The summed E-state index contributed by atoms with van der Waals surface area (Å²) in [6, 6.07) is 10.4. The van der Waals surface area contributed by atoms with Crippen LogP contribution in [0.5, 0.6) is 0 Å². The number of Topliss-reactive ketones (excluding diaryl/α,β-unsaturated/α-hetero) is 1. The Morgan fingerprint density at radius 1 is 0.917 bits per heavy atom. The largest absolute Gasteiger partial charge is 0.456 e. The number of hydrogen-bond donors (Lipinski definition) is 0. The van der Waals surface area contributed by atoms with Crippen molar-refractivity contribution in [3.63, 3.8) is 0 Å². The first-order valence-corrected chi connectivity index (χ1v) is 7.99. The van der Waals surface area contributed by atoms with Crippen molar-refractivity contribution in [2.75, 3.05) is 0 Å². The lowest BCUT2D eigenvalue weighted by atomic mass is 9.85. The fourth-order valence-electron chi connectivity index (χ4n) is 3.63. The van der Waals surface area contributed by atoms with E-state index in [2.05, 4.69) is 16.0 Å². The molecule has 24 heavy (non-hydrogen) atoms. The van der Waals surface area contributed by atoms with E-state index in [1.165, 1.54) is 0 Å². The van der Waals surface area contributed by atoms with E-state index in [4.69, 9.17) is 4.74 Å². The predicted molar refractivity (Wildman–Crippen MR) is 86.2 cm³/mol. The van der Waals surface area contributed by atoms with Gasteiger partial charge in [0.2, 0.25) is 0 Å². The van der Waals surface area contributed by atoms with Crippen molar-refractivity contribution in [1.82, 2.24) is 9.97 Å². The average Bonchev–Trinajstić information content (AvgIpc) is 3.24. The van der Waals surface area contributed by atoms with Gasteiger partial charge in [0.05, 0.1) is 5.92 Å². The predicted octanol–water partition coefficient (Wildman–Crippen LogP) is 2.71. The van der Waals surface area contributed by atoms with Crippen LogP contribution < -0.4 is 0 Å². The maximum Gasteiger partial charge on any atom is 0.357 e. The molecule has 2 aromatic heterocycles. The van der Waals surface area contributed by atoms with E-state index in [9.17, 15) is 9.59 Å². The fraction of sp³-hybridized carbons (Fsp3) is 0.263. The van der Waals surface area contributed by atoms with Gasteiger partial charge in [-0.05, 0) is 36.6 Å². The summed E-state index contributed by atoms with van der Waals surface area (Å²) in [6.45, 7) is 0. The molecule has 0 radical (unpaired) electrons. The monoisotopic (exact) mass is 320 g/mol. The summed E-state index contributed by atoms with van der Waals surface area (Å²) in [5.41, 5.74) is 0.677. The van der Waals surface area contributed by atoms with Gasteiger partial charge in [0.25, 0.3) is 0 Å². The summed E-state index contributed by atoms with van der Waals surface area (Å²) in [5, 5.41) is 0. The van der Waals surface area contributed by atoms with Gasteiger partial charge < -0.3 is 4.74 Å². The van der Waals surface area contributed by atoms with Crippen molar-refractivity contribution in [1.29, 1.82) is 0 Å². The SMILES string of the molecule is O=C(OC1C2C=CC(C2)C1C(=O)c1ccccn1)c1ccccn1. The number of rotatable bonds is 4. The Morgan fingerprint density at radius 3 is 2.25 bits per heavy atom. The lowest BCUT2D eigenvalue weighted by Crippen LogP contribution is -2.36. The summed E-state index contributed by atoms with van der Waals surface area (Å²) < 4.78 is 5.69. The quantitative estimate of drug-likeness (QED) is 0.492. The molecule has 5 nitrogen and oxygen atoms in total. The van der Waals surface area contributed by atoms with Crippen LogP contribution in [0.3, 0.4) is 0 Å². The molecule has 2 heterocycles. The van der Waals surface area contributed by atoms with Gasteiger partial charge in [-0.15, -0.1) is 0 Å². The smallest absolute Gasteiger partial charge is 0.357 e. The van der Waals surface area contributed by atoms with Crippen LogP contribution >= 0.6 is 0 Å². The third-order valence-corrected chi connectivity index (χ3v) is 4.72. The Hall–Kier alpha value is -2.82. The highest BCUT2D eigenvalue weighted by Crippen LogP contribution is 2.46. The second kappa shape index (κ2) is 6.00. The minimum absolute atomic E-state index is 0.0636. The molecular formula is C19H16N2O3. The number of fused-ring (bicyclic) bond motifs is 2. The van der Waals surface area contributed by atoms with E-state index < -0.39 is 12.1 Å². The molecular weight excluding hydrogens is 304 g/mol. The zero-order valence-electron chi connectivity index (χ0n) is 12.9. The molecule has 0 aliphatic heterocycles. The molecule has 1 saturated carbocycles. The van der Waals surface area contributed by atoms with Crippen LogP contribution in [0, 0.1) is 17.8 Å². The maximum absolute atomic E-state index is 12.9. The molecule has 2 aromatic rings. The fourth-order valence-corrected chi connectivity index (χ4v) is 3.63. The van der Waals surface area contributed by atoms with E-state index in [0.29, 0.717) is 5.69 Å². The van der Waals surface area contributed by atoms with Gasteiger partial charge in [-0.1, -0.05) is 24.3 Å². The zero-order chi connectivity index (χ0) is 16.5. The van der Waals surface area contributed by atoms with Crippen LogP contribution in [0.25, 0.3) is 0 Å². The molecule has 4 rings (SSSR count). The lowest BCUT2D eigenvalue weighted by molar-refractivity contribution is 0.0107. The Morgan fingerprint density at radius 2 is 1.58 bits per heavy atom. The Labute approximate surface area is 139 Å². The molecule has 0 spiro atoms. The molecule has 2 bridgehead atoms. The maximum atomic E-state index is 12.9. The lowest BCUT2D eigenvalue weighted by Gasteiger charge is -2.26. The Balaban J connectivity index is 1.58. The Bertz CT molecular complexity index is 789. The number of ketones is 1. The van der Waals surface area contributed by atoms with Crippen molar-refractivity contribution in [2.24, 2.45) is 17.8 Å². The van der Waals surface area contributed by atoms with Crippen LogP contribution in [0.1, 0.15) is 27.4 Å². The van der Waals surface area contributed by atoms with Crippen LogP contribution in [0.4, 0.5) is 0 Å². The van der Waals surface area contributed by atoms with Gasteiger partial charge in [0.15, 0.2) is 5.78 Å². The molecule has 4 unspecified atom stereocenters.